The van der Waals surface area contributed by atoms with Crippen molar-refractivity contribution in [2.75, 3.05) is 13.2 Å². The average Bonchev–Trinajstić information content (AvgIpc) is 2.55. The van der Waals surface area contributed by atoms with Crippen LogP contribution in [0, 0.1) is 0 Å². The first-order valence-electron chi connectivity index (χ1n) is 9.05. The number of carbonyl (C=O) groups is 1. The number of carbonyl (C=O) groups excluding carboxylic acids is 1. The van der Waals surface area contributed by atoms with Crippen LogP contribution in [0.1, 0.15) is 75.2 Å². The Morgan fingerprint density at radius 3 is 2.04 bits per heavy atom. The number of ketones is 1. The molecule has 0 saturated carbocycles. The summed E-state index contributed by atoms with van der Waals surface area (Å²) in [5, 5.41) is 0. The highest BCUT2D eigenvalue weighted by molar-refractivity contribution is 7.53. The molecular formula is C19H31O4P. The Hall–Kier alpha value is -0.960. The molecule has 0 amide bonds. The summed E-state index contributed by atoms with van der Waals surface area (Å²) in [6.45, 7) is 6.49. The van der Waals surface area contributed by atoms with Crippen molar-refractivity contribution in [2.24, 2.45) is 0 Å². The van der Waals surface area contributed by atoms with Crippen molar-refractivity contribution in [3.05, 3.63) is 35.4 Å². The number of benzene rings is 1. The Morgan fingerprint density at radius 2 is 1.50 bits per heavy atom. The van der Waals surface area contributed by atoms with E-state index in [1.807, 2.05) is 24.3 Å². The van der Waals surface area contributed by atoms with Crippen LogP contribution in [0.25, 0.3) is 0 Å². The van der Waals surface area contributed by atoms with Crippen LogP contribution in [0.5, 0.6) is 0 Å². The van der Waals surface area contributed by atoms with Crippen molar-refractivity contribution in [3.8, 4) is 0 Å². The van der Waals surface area contributed by atoms with E-state index in [2.05, 4.69) is 6.92 Å². The van der Waals surface area contributed by atoms with Gasteiger partial charge in [-0.3, -0.25) is 9.36 Å². The van der Waals surface area contributed by atoms with Gasteiger partial charge in [0.15, 0.2) is 5.78 Å². The molecule has 0 spiro atoms. The Kier molecular flexibility index (Phi) is 10.2. The maximum Gasteiger partial charge on any atom is 0.335 e. The molecular weight excluding hydrogens is 323 g/mol. The third-order valence-electron chi connectivity index (χ3n) is 3.81. The van der Waals surface area contributed by atoms with Gasteiger partial charge < -0.3 is 9.05 Å². The van der Waals surface area contributed by atoms with Gasteiger partial charge in [0.2, 0.25) is 0 Å². The normalized spacial score (nSPS) is 11.6. The lowest BCUT2D eigenvalue weighted by molar-refractivity contribution is 0.0979. The molecule has 4 nitrogen and oxygen atoms in total. The largest absolute Gasteiger partial charge is 0.335 e. The summed E-state index contributed by atoms with van der Waals surface area (Å²) in [5.74, 6) is 0.177. The van der Waals surface area contributed by atoms with E-state index in [9.17, 15) is 9.36 Å². The van der Waals surface area contributed by atoms with E-state index < -0.39 is 7.60 Å². The first-order valence-corrected chi connectivity index (χ1v) is 10.8. The third-order valence-corrected chi connectivity index (χ3v) is 5.87. The van der Waals surface area contributed by atoms with Crippen LogP contribution in [0.15, 0.2) is 24.3 Å². The van der Waals surface area contributed by atoms with E-state index in [1.165, 1.54) is 19.3 Å². The van der Waals surface area contributed by atoms with Crippen LogP contribution < -0.4 is 0 Å². The summed E-state index contributed by atoms with van der Waals surface area (Å²) in [6.07, 6.45) is 6.55. The lowest BCUT2D eigenvalue weighted by Crippen LogP contribution is -2.01. The molecule has 1 aromatic carbocycles. The second-order valence-corrected chi connectivity index (χ2v) is 7.94. The van der Waals surface area contributed by atoms with Crippen LogP contribution in [-0.4, -0.2) is 19.0 Å². The molecule has 0 aliphatic heterocycles. The fraction of sp³-hybridized carbons (Fsp3) is 0.632. The minimum absolute atomic E-state index is 0.177. The van der Waals surface area contributed by atoms with Gasteiger partial charge in [0.25, 0.3) is 0 Å². The molecule has 0 saturated heterocycles. The van der Waals surface area contributed by atoms with Gasteiger partial charge in [-0.15, -0.1) is 0 Å². The second-order valence-electron chi connectivity index (χ2n) is 5.89. The Morgan fingerprint density at radius 1 is 0.917 bits per heavy atom. The fourth-order valence-electron chi connectivity index (χ4n) is 2.58. The highest BCUT2D eigenvalue weighted by Crippen LogP contribution is 2.51. The molecule has 1 aromatic rings. The standard InChI is InChI=1S/C19H31O4P/c1-4-7-8-9-10-11-19(20)18-14-12-17(13-15-18)16-24(21,22-5-2)23-6-3/h12-15H,4-11,16H2,1-3H3. The predicted octanol–water partition coefficient (Wildman–Crippen LogP) is 6.00. The zero-order chi connectivity index (χ0) is 17.8. The van der Waals surface area contributed by atoms with Crippen LogP contribution in [0.3, 0.4) is 0 Å². The van der Waals surface area contributed by atoms with Crippen LogP contribution in [0.2, 0.25) is 0 Å². The topological polar surface area (TPSA) is 52.6 Å². The summed E-state index contributed by atoms with van der Waals surface area (Å²) in [6, 6.07) is 7.31. The number of unbranched alkanes of at least 4 members (excludes halogenated alkanes) is 4. The maximum absolute atomic E-state index is 12.5. The fourth-order valence-corrected chi connectivity index (χ4v) is 4.28. The molecule has 0 aliphatic rings. The van der Waals surface area contributed by atoms with Crippen LogP contribution in [0.4, 0.5) is 0 Å². The van der Waals surface area contributed by atoms with E-state index >= 15 is 0 Å². The Bertz CT molecular complexity index is 515. The van der Waals surface area contributed by atoms with E-state index in [0.717, 1.165) is 24.0 Å². The molecule has 0 fully saturated rings. The smallest absolute Gasteiger partial charge is 0.309 e. The SMILES string of the molecule is CCCCCCCC(=O)c1ccc(CP(=O)(OCC)OCC)cc1. The summed E-state index contributed by atoms with van der Waals surface area (Å²) < 4.78 is 23.1. The average molecular weight is 354 g/mol. The van der Waals surface area contributed by atoms with E-state index in [0.29, 0.717) is 19.6 Å². The molecule has 0 radical (unpaired) electrons. The molecule has 0 heterocycles. The van der Waals surface area contributed by atoms with Crippen molar-refractivity contribution in [1.29, 1.82) is 0 Å². The molecule has 0 unspecified atom stereocenters. The lowest BCUT2D eigenvalue weighted by Gasteiger charge is -2.17. The van der Waals surface area contributed by atoms with Crippen molar-refractivity contribution < 1.29 is 18.4 Å². The van der Waals surface area contributed by atoms with Crippen molar-refractivity contribution >= 4 is 13.4 Å². The van der Waals surface area contributed by atoms with Crippen molar-refractivity contribution in [2.45, 2.75) is 65.5 Å². The Labute approximate surface area is 146 Å². The molecule has 136 valence electrons. The lowest BCUT2D eigenvalue weighted by atomic mass is 10.0. The third kappa shape index (κ3) is 7.74. The Balaban J connectivity index is 2.55. The van der Waals surface area contributed by atoms with Crippen LogP contribution in [-0.2, 0) is 19.8 Å². The zero-order valence-electron chi connectivity index (χ0n) is 15.3. The molecule has 24 heavy (non-hydrogen) atoms. The van der Waals surface area contributed by atoms with Crippen molar-refractivity contribution in [1.82, 2.24) is 0 Å². The quantitative estimate of drug-likeness (QED) is 0.248. The summed E-state index contributed by atoms with van der Waals surface area (Å²) >= 11 is 0. The van der Waals surface area contributed by atoms with E-state index in [-0.39, 0.29) is 11.9 Å². The predicted molar refractivity (Wildman–Crippen MR) is 98.7 cm³/mol. The highest BCUT2D eigenvalue weighted by atomic mass is 31.2. The number of rotatable bonds is 13. The van der Waals surface area contributed by atoms with Gasteiger partial charge in [0.05, 0.1) is 19.4 Å². The minimum Gasteiger partial charge on any atom is -0.309 e. The molecule has 5 heteroatoms. The van der Waals surface area contributed by atoms with Gasteiger partial charge in [0.1, 0.15) is 0 Å². The number of Topliss-reactive ketones (excluding diaryl/α,β-unsaturated/α-hetero) is 1. The van der Waals surface area contributed by atoms with Gasteiger partial charge in [-0.05, 0) is 25.8 Å². The second kappa shape index (κ2) is 11.6. The summed E-state index contributed by atoms with van der Waals surface area (Å²) in [5.41, 5.74) is 1.58. The van der Waals surface area contributed by atoms with E-state index in [4.69, 9.17) is 9.05 Å². The zero-order valence-corrected chi connectivity index (χ0v) is 16.1. The number of hydrogen-bond donors (Lipinski definition) is 0. The monoisotopic (exact) mass is 354 g/mol. The van der Waals surface area contributed by atoms with Crippen molar-refractivity contribution in [3.63, 3.8) is 0 Å². The minimum atomic E-state index is -3.09. The summed E-state index contributed by atoms with van der Waals surface area (Å²) in [4.78, 5) is 12.2. The van der Waals surface area contributed by atoms with E-state index in [1.54, 1.807) is 13.8 Å². The van der Waals surface area contributed by atoms with Gasteiger partial charge in [0, 0.05) is 12.0 Å². The highest BCUT2D eigenvalue weighted by Gasteiger charge is 2.24. The molecule has 1 rings (SSSR count). The molecule has 0 atom stereocenters. The molecule has 0 aromatic heterocycles. The molecule has 0 bridgehead atoms. The number of hydrogen-bond acceptors (Lipinski definition) is 4. The van der Waals surface area contributed by atoms with Gasteiger partial charge >= 0.3 is 7.60 Å². The van der Waals surface area contributed by atoms with Gasteiger partial charge in [-0.2, -0.15) is 0 Å². The first-order chi connectivity index (χ1) is 11.5. The van der Waals surface area contributed by atoms with Gasteiger partial charge in [-0.1, -0.05) is 56.9 Å². The van der Waals surface area contributed by atoms with Crippen LogP contribution >= 0.6 is 7.60 Å². The molecule has 0 aliphatic carbocycles. The maximum atomic E-state index is 12.5. The summed E-state index contributed by atoms with van der Waals surface area (Å²) in [7, 11) is -3.09. The molecule has 0 N–H and O–H groups in total. The van der Waals surface area contributed by atoms with Gasteiger partial charge in [-0.25, -0.2) is 0 Å². The first kappa shape index (κ1) is 21.1.